The van der Waals surface area contributed by atoms with Crippen molar-refractivity contribution in [3.63, 3.8) is 0 Å². The molecule has 138 valence electrons. The van der Waals surface area contributed by atoms with Crippen molar-refractivity contribution in [1.82, 2.24) is 20.5 Å². The van der Waals surface area contributed by atoms with Gasteiger partial charge in [-0.1, -0.05) is 18.2 Å². The third kappa shape index (κ3) is 4.25. The number of carbonyl (C=O) groups excluding carboxylic acids is 1. The van der Waals surface area contributed by atoms with Gasteiger partial charge in [0.15, 0.2) is 5.82 Å². The Morgan fingerprint density at radius 3 is 2.78 bits per heavy atom. The van der Waals surface area contributed by atoms with Crippen molar-refractivity contribution in [2.24, 2.45) is 0 Å². The molecule has 4 rings (SSSR count). The van der Waals surface area contributed by atoms with Crippen LogP contribution < -0.4 is 15.5 Å². The van der Waals surface area contributed by atoms with Crippen LogP contribution in [-0.2, 0) is 0 Å². The van der Waals surface area contributed by atoms with E-state index in [9.17, 15) is 4.79 Å². The number of piperidine rings is 1. The van der Waals surface area contributed by atoms with Gasteiger partial charge in [0.1, 0.15) is 0 Å². The van der Waals surface area contributed by atoms with Crippen LogP contribution in [0.25, 0.3) is 11.3 Å². The van der Waals surface area contributed by atoms with Crippen molar-refractivity contribution in [3.05, 3.63) is 60.9 Å². The summed E-state index contributed by atoms with van der Waals surface area (Å²) in [6, 6.07) is 15.3. The molecule has 1 aliphatic rings. The first-order valence-electron chi connectivity index (χ1n) is 9.11. The third-order valence-corrected chi connectivity index (χ3v) is 4.67. The van der Waals surface area contributed by atoms with E-state index in [1.54, 1.807) is 12.4 Å². The number of amides is 2. The number of hydrogen-bond acceptors (Lipinski definition) is 4. The normalized spacial score (nSPS) is 16.7. The molecule has 1 fully saturated rings. The molecule has 27 heavy (non-hydrogen) atoms. The average molecular weight is 362 g/mol. The van der Waals surface area contributed by atoms with Gasteiger partial charge in [-0.15, -0.1) is 0 Å². The van der Waals surface area contributed by atoms with Crippen LogP contribution in [0.5, 0.6) is 0 Å². The lowest BCUT2D eigenvalue weighted by atomic mass is 10.1. The molecule has 1 unspecified atom stereocenters. The maximum absolute atomic E-state index is 12.2. The SMILES string of the molecule is O=C(Nc1ccccc1)NC1CCCN(c2cc(-c3ccncc3)[nH]n2)C1. The standard InChI is InChI=1S/C20H22N6O/c27-20(22-16-5-2-1-3-6-16)23-17-7-4-12-26(14-17)19-13-18(24-25-19)15-8-10-21-11-9-15/h1-3,5-6,8-11,13,17H,4,7,12,14H2,(H,24,25)(H2,22,23,27). The summed E-state index contributed by atoms with van der Waals surface area (Å²) in [6.07, 6.45) is 5.50. The summed E-state index contributed by atoms with van der Waals surface area (Å²) in [7, 11) is 0. The molecule has 0 spiro atoms. The summed E-state index contributed by atoms with van der Waals surface area (Å²) in [6.45, 7) is 1.67. The molecule has 1 saturated heterocycles. The van der Waals surface area contributed by atoms with Crippen LogP contribution in [0.4, 0.5) is 16.3 Å². The van der Waals surface area contributed by atoms with Crippen molar-refractivity contribution in [2.75, 3.05) is 23.3 Å². The number of aromatic amines is 1. The highest BCUT2D eigenvalue weighted by Gasteiger charge is 2.23. The number of rotatable bonds is 4. The molecule has 1 aromatic carbocycles. The molecular formula is C20H22N6O. The summed E-state index contributed by atoms with van der Waals surface area (Å²) < 4.78 is 0. The molecule has 1 atom stereocenters. The van der Waals surface area contributed by atoms with Crippen LogP contribution in [0.2, 0.25) is 0 Å². The van der Waals surface area contributed by atoms with Crippen molar-refractivity contribution in [2.45, 2.75) is 18.9 Å². The lowest BCUT2D eigenvalue weighted by Crippen LogP contribution is -2.49. The van der Waals surface area contributed by atoms with E-state index < -0.39 is 0 Å². The number of nitrogens with one attached hydrogen (secondary N) is 3. The molecule has 3 heterocycles. The van der Waals surface area contributed by atoms with Gasteiger partial charge in [-0.25, -0.2) is 4.79 Å². The van der Waals surface area contributed by atoms with Crippen molar-refractivity contribution >= 4 is 17.5 Å². The molecule has 0 saturated carbocycles. The number of H-pyrrole nitrogens is 1. The Labute approximate surface area is 157 Å². The van der Waals surface area contributed by atoms with E-state index in [2.05, 4.69) is 30.7 Å². The highest BCUT2D eigenvalue weighted by Crippen LogP contribution is 2.23. The Morgan fingerprint density at radius 1 is 1.15 bits per heavy atom. The number of carbonyl (C=O) groups is 1. The van der Waals surface area contributed by atoms with Crippen LogP contribution in [-0.4, -0.2) is 40.3 Å². The molecule has 2 amide bonds. The number of para-hydroxylation sites is 1. The van der Waals surface area contributed by atoms with Crippen LogP contribution >= 0.6 is 0 Å². The fourth-order valence-corrected chi connectivity index (χ4v) is 3.33. The molecule has 7 nitrogen and oxygen atoms in total. The average Bonchev–Trinajstić information content (AvgIpc) is 3.20. The first-order valence-corrected chi connectivity index (χ1v) is 9.11. The molecule has 2 aromatic heterocycles. The maximum atomic E-state index is 12.2. The fourth-order valence-electron chi connectivity index (χ4n) is 3.33. The molecule has 3 N–H and O–H groups in total. The smallest absolute Gasteiger partial charge is 0.319 e. The first kappa shape index (κ1) is 17.1. The Hall–Kier alpha value is -3.35. The minimum atomic E-state index is -0.174. The van der Waals surface area contributed by atoms with Crippen molar-refractivity contribution in [1.29, 1.82) is 0 Å². The topological polar surface area (TPSA) is 85.9 Å². The molecule has 3 aromatic rings. The van der Waals surface area contributed by atoms with E-state index in [1.165, 1.54) is 0 Å². The number of pyridine rings is 1. The van der Waals surface area contributed by atoms with Gasteiger partial charge >= 0.3 is 6.03 Å². The van der Waals surface area contributed by atoms with Gasteiger partial charge in [-0.05, 0) is 37.1 Å². The van der Waals surface area contributed by atoms with E-state index in [4.69, 9.17) is 0 Å². The number of hydrogen-bond donors (Lipinski definition) is 3. The largest absolute Gasteiger partial charge is 0.353 e. The van der Waals surface area contributed by atoms with E-state index >= 15 is 0 Å². The molecular weight excluding hydrogens is 340 g/mol. The van der Waals surface area contributed by atoms with E-state index in [0.29, 0.717) is 0 Å². The highest BCUT2D eigenvalue weighted by atomic mass is 16.2. The van der Waals surface area contributed by atoms with Gasteiger partial charge in [-0.2, -0.15) is 5.10 Å². The first-order chi connectivity index (χ1) is 13.3. The Balaban J connectivity index is 1.37. The second-order valence-electron chi connectivity index (χ2n) is 6.63. The zero-order valence-electron chi connectivity index (χ0n) is 14.9. The Bertz CT molecular complexity index is 880. The monoisotopic (exact) mass is 362 g/mol. The minimum Gasteiger partial charge on any atom is -0.353 e. The van der Waals surface area contributed by atoms with Gasteiger partial charge in [0.05, 0.1) is 5.69 Å². The lowest BCUT2D eigenvalue weighted by molar-refractivity contribution is 0.246. The molecule has 1 aliphatic heterocycles. The highest BCUT2D eigenvalue weighted by molar-refractivity contribution is 5.89. The zero-order valence-corrected chi connectivity index (χ0v) is 14.9. The van der Waals surface area contributed by atoms with Gasteiger partial charge in [0, 0.05) is 48.8 Å². The number of aromatic nitrogens is 3. The summed E-state index contributed by atoms with van der Waals surface area (Å²) in [5.41, 5.74) is 2.80. The van der Waals surface area contributed by atoms with Crippen LogP contribution in [0, 0.1) is 0 Å². The minimum absolute atomic E-state index is 0.0866. The quantitative estimate of drug-likeness (QED) is 0.665. The second kappa shape index (κ2) is 7.90. The fraction of sp³-hybridized carbons (Fsp3) is 0.250. The Kier molecular flexibility index (Phi) is 5.00. The predicted molar refractivity (Wildman–Crippen MR) is 106 cm³/mol. The van der Waals surface area contributed by atoms with Gasteiger partial charge in [0.25, 0.3) is 0 Å². The molecule has 7 heteroatoms. The summed E-state index contributed by atoms with van der Waals surface area (Å²) in [5.74, 6) is 0.900. The number of urea groups is 1. The summed E-state index contributed by atoms with van der Waals surface area (Å²) in [5, 5.41) is 13.5. The van der Waals surface area contributed by atoms with E-state index in [0.717, 1.165) is 48.7 Å². The molecule has 0 radical (unpaired) electrons. The molecule has 0 aliphatic carbocycles. The Morgan fingerprint density at radius 2 is 1.96 bits per heavy atom. The van der Waals surface area contributed by atoms with E-state index in [-0.39, 0.29) is 12.1 Å². The van der Waals surface area contributed by atoms with Crippen molar-refractivity contribution in [3.8, 4) is 11.3 Å². The van der Waals surface area contributed by atoms with E-state index in [1.807, 2.05) is 48.5 Å². The predicted octanol–water partition coefficient (Wildman–Crippen LogP) is 3.26. The van der Waals surface area contributed by atoms with Crippen LogP contribution in [0.3, 0.4) is 0 Å². The molecule has 0 bridgehead atoms. The number of anilines is 2. The zero-order chi connectivity index (χ0) is 18.5. The van der Waals surface area contributed by atoms with Gasteiger partial charge in [-0.3, -0.25) is 10.1 Å². The summed E-state index contributed by atoms with van der Waals surface area (Å²) in [4.78, 5) is 18.5. The third-order valence-electron chi connectivity index (χ3n) is 4.67. The van der Waals surface area contributed by atoms with Crippen molar-refractivity contribution < 1.29 is 4.79 Å². The van der Waals surface area contributed by atoms with Gasteiger partial charge in [0.2, 0.25) is 0 Å². The van der Waals surface area contributed by atoms with Crippen LogP contribution in [0.15, 0.2) is 60.9 Å². The maximum Gasteiger partial charge on any atom is 0.319 e. The number of nitrogens with zero attached hydrogens (tertiary/aromatic N) is 3. The number of benzene rings is 1. The second-order valence-corrected chi connectivity index (χ2v) is 6.63. The summed E-state index contributed by atoms with van der Waals surface area (Å²) >= 11 is 0. The lowest BCUT2D eigenvalue weighted by Gasteiger charge is -2.33. The van der Waals surface area contributed by atoms with Crippen LogP contribution in [0.1, 0.15) is 12.8 Å². The van der Waals surface area contributed by atoms with Gasteiger partial charge < -0.3 is 15.5 Å².